The van der Waals surface area contributed by atoms with Crippen LogP contribution in [-0.2, 0) is 12.2 Å². The smallest absolute Gasteiger partial charge is 0.140 e. The van der Waals surface area contributed by atoms with Gasteiger partial charge < -0.3 is 0 Å². The maximum absolute atomic E-state index is 5.97. The first-order valence-corrected chi connectivity index (χ1v) is 7.73. The van der Waals surface area contributed by atoms with Crippen LogP contribution in [0.3, 0.4) is 0 Å². The van der Waals surface area contributed by atoms with Gasteiger partial charge >= 0.3 is 0 Å². The number of hydrogen-bond donors (Lipinski definition) is 0. The number of nitrogens with zero attached hydrogens (tertiary/aromatic N) is 2. The minimum absolute atomic E-state index is 0.520. The van der Waals surface area contributed by atoms with Crippen LogP contribution in [0.25, 0.3) is 0 Å². The lowest BCUT2D eigenvalue weighted by Gasteiger charge is -2.04. The highest BCUT2D eigenvalue weighted by Crippen LogP contribution is 2.24. The van der Waals surface area contributed by atoms with E-state index in [2.05, 4.69) is 45.0 Å². The summed E-state index contributed by atoms with van der Waals surface area (Å²) in [6.07, 6.45) is 0.872. The molecule has 94 valence electrons. The van der Waals surface area contributed by atoms with Gasteiger partial charge in [0.05, 0.1) is 5.75 Å². The van der Waals surface area contributed by atoms with Crippen molar-refractivity contribution in [1.29, 1.82) is 0 Å². The Bertz CT molecular complexity index is 548. The molecule has 0 fully saturated rings. The zero-order valence-corrected chi connectivity index (χ0v) is 13.0. The Balaban J connectivity index is 2.08. The van der Waals surface area contributed by atoms with E-state index in [9.17, 15) is 0 Å². The van der Waals surface area contributed by atoms with E-state index >= 15 is 0 Å². The number of benzene rings is 1. The Morgan fingerprint density at radius 1 is 1.28 bits per heavy atom. The Hall–Kier alpha value is -0.580. The number of halogens is 2. The summed E-state index contributed by atoms with van der Waals surface area (Å²) in [5.41, 5.74) is 0.986. The van der Waals surface area contributed by atoms with Crippen LogP contribution >= 0.6 is 39.3 Å². The van der Waals surface area contributed by atoms with E-state index in [1.807, 2.05) is 18.2 Å². The molecular weight excluding hydrogens is 332 g/mol. The molecule has 1 aromatic heterocycles. The van der Waals surface area contributed by atoms with Crippen LogP contribution in [0.5, 0.6) is 0 Å². The van der Waals surface area contributed by atoms with E-state index in [1.54, 1.807) is 11.8 Å². The highest BCUT2D eigenvalue weighted by Gasteiger charge is 2.03. The van der Waals surface area contributed by atoms with Gasteiger partial charge in [0.2, 0.25) is 0 Å². The average molecular weight is 344 g/mol. The number of thioether (sulfide) groups is 1. The maximum Gasteiger partial charge on any atom is 0.140 e. The minimum atomic E-state index is 0.520. The second kappa shape index (κ2) is 6.55. The Labute approximate surface area is 124 Å². The molecular formula is C13H12BrClN2S. The van der Waals surface area contributed by atoms with Crippen LogP contribution in [0.15, 0.2) is 39.7 Å². The van der Waals surface area contributed by atoms with E-state index in [0.717, 1.165) is 28.2 Å². The van der Waals surface area contributed by atoms with Crippen molar-refractivity contribution in [1.82, 2.24) is 9.97 Å². The lowest BCUT2D eigenvalue weighted by atomic mass is 10.3. The van der Waals surface area contributed by atoms with Crippen LogP contribution in [0, 0.1) is 0 Å². The highest BCUT2D eigenvalue weighted by molar-refractivity contribution is 9.10. The molecule has 0 saturated heterocycles. The van der Waals surface area contributed by atoms with Crippen LogP contribution in [0.2, 0.25) is 5.15 Å². The molecule has 0 bridgehead atoms. The molecule has 2 aromatic rings. The second-order valence-corrected chi connectivity index (χ2v) is 6.05. The monoisotopic (exact) mass is 342 g/mol. The lowest BCUT2D eigenvalue weighted by molar-refractivity contribution is 0.940. The lowest BCUT2D eigenvalue weighted by Crippen LogP contribution is -1.97. The standard InChI is InChI=1S/C13H12BrClN2S/c1-2-10-7-12(15)17-13(16-10)8-18-11-5-3-4-9(14)6-11/h3-7H,2,8H2,1H3. The van der Waals surface area contributed by atoms with Crippen LogP contribution in [-0.4, -0.2) is 9.97 Å². The molecule has 18 heavy (non-hydrogen) atoms. The van der Waals surface area contributed by atoms with Crippen LogP contribution in [0.4, 0.5) is 0 Å². The molecule has 0 atom stereocenters. The van der Waals surface area contributed by atoms with Crippen molar-refractivity contribution in [2.75, 3.05) is 0 Å². The summed E-state index contributed by atoms with van der Waals surface area (Å²) >= 11 is 11.1. The summed E-state index contributed by atoms with van der Waals surface area (Å²) in [5.74, 6) is 1.51. The molecule has 0 saturated carbocycles. The van der Waals surface area contributed by atoms with Crippen molar-refractivity contribution in [3.05, 3.63) is 51.5 Å². The van der Waals surface area contributed by atoms with Gasteiger partial charge in [-0.05, 0) is 30.7 Å². The molecule has 0 radical (unpaired) electrons. The summed E-state index contributed by atoms with van der Waals surface area (Å²) in [5, 5.41) is 0.520. The summed E-state index contributed by atoms with van der Waals surface area (Å²) in [6.45, 7) is 2.06. The largest absolute Gasteiger partial charge is 0.237 e. The van der Waals surface area contributed by atoms with E-state index in [-0.39, 0.29) is 0 Å². The molecule has 0 aliphatic heterocycles. The summed E-state index contributed by atoms with van der Waals surface area (Å²) in [4.78, 5) is 9.89. The molecule has 0 amide bonds. The third-order valence-corrected chi connectivity index (χ3v) is 4.00. The van der Waals surface area contributed by atoms with Gasteiger partial charge in [-0.3, -0.25) is 0 Å². The predicted molar refractivity (Wildman–Crippen MR) is 80.1 cm³/mol. The van der Waals surface area contributed by atoms with Crippen LogP contribution in [0.1, 0.15) is 18.4 Å². The fourth-order valence-corrected chi connectivity index (χ4v) is 3.05. The van der Waals surface area contributed by atoms with Crippen molar-refractivity contribution in [2.24, 2.45) is 0 Å². The Morgan fingerprint density at radius 3 is 2.83 bits per heavy atom. The quantitative estimate of drug-likeness (QED) is 0.592. The first-order chi connectivity index (χ1) is 8.67. The SMILES string of the molecule is CCc1cc(Cl)nc(CSc2cccc(Br)c2)n1. The zero-order valence-electron chi connectivity index (χ0n) is 9.86. The van der Waals surface area contributed by atoms with Gasteiger partial charge in [0.25, 0.3) is 0 Å². The van der Waals surface area contributed by atoms with Gasteiger partial charge in [0.15, 0.2) is 0 Å². The average Bonchev–Trinajstić information content (AvgIpc) is 2.36. The normalized spacial score (nSPS) is 10.6. The molecule has 0 aliphatic rings. The number of aromatic nitrogens is 2. The molecule has 1 aromatic carbocycles. The molecule has 0 spiro atoms. The molecule has 1 heterocycles. The van der Waals surface area contributed by atoms with E-state index < -0.39 is 0 Å². The molecule has 2 nitrogen and oxygen atoms in total. The van der Waals surface area contributed by atoms with Gasteiger partial charge in [0, 0.05) is 15.1 Å². The highest BCUT2D eigenvalue weighted by atomic mass is 79.9. The molecule has 2 rings (SSSR count). The summed E-state index contributed by atoms with van der Waals surface area (Å²) in [7, 11) is 0. The predicted octanol–water partition coefficient (Wildman–Crippen LogP) is 4.75. The molecule has 0 N–H and O–H groups in total. The van der Waals surface area contributed by atoms with Crippen molar-refractivity contribution in [2.45, 2.75) is 24.0 Å². The molecule has 0 aliphatic carbocycles. The van der Waals surface area contributed by atoms with Crippen molar-refractivity contribution < 1.29 is 0 Å². The first kappa shape index (κ1) is 13.8. The maximum atomic E-state index is 5.97. The topological polar surface area (TPSA) is 25.8 Å². The fraction of sp³-hybridized carbons (Fsp3) is 0.231. The third-order valence-electron chi connectivity index (χ3n) is 2.32. The van der Waals surface area contributed by atoms with E-state index in [0.29, 0.717) is 5.15 Å². The Kier molecular flexibility index (Phi) is 5.03. The van der Waals surface area contributed by atoms with E-state index in [1.165, 1.54) is 4.90 Å². The third kappa shape index (κ3) is 3.97. The number of rotatable bonds is 4. The van der Waals surface area contributed by atoms with Gasteiger partial charge in [-0.1, -0.05) is 40.5 Å². The summed E-state index contributed by atoms with van der Waals surface area (Å²) < 4.78 is 1.08. The van der Waals surface area contributed by atoms with Gasteiger partial charge in [0.1, 0.15) is 11.0 Å². The van der Waals surface area contributed by atoms with Crippen molar-refractivity contribution >= 4 is 39.3 Å². The van der Waals surface area contributed by atoms with Crippen LogP contribution < -0.4 is 0 Å². The van der Waals surface area contributed by atoms with Gasteiger partial charge in [-0.15, -0.1) is 11.8 Å². The fourth-order valence-electron chi connectivity index (χ4n) is 1.47. The van der Waals surface area contributed by atoms with E-state index in [4.69, 9.17) is 11.6 Å². The van der Waals surface area contributed by atoms with Crippen molar-refractivity contribution in [3.63, 3.8) is 0 Å². The zero-order chi connectivity index (χ0) is 13.0. The molecule has 0 unspecified atom stereocenters. The molecule has 5 heteroatoms. The Morgan fingerprint density at radius 2 is 2.11 bits per heavy atom. The van der Waals surface area contributed by atoms with Gasteiger partial charge in [-0.2, -0.15) is 0 Å². The minimum Gasteiger partial charge on any atom is -0.237 e. The summed E-state index contributed by atoms with van der Waals surface area (Å²) in [6, 6.07) is 9.99. The van der Waals surface area contributed by atoms with Crippen molar-refractivity contribution in [3.8, 4) is 0 Å². The van der Waals surface area contributed by atoms with Gasteiger partial charge in [-0.25, -0.2) is 9.97 Å². The number of aryl methyl sites for hydroxylation is 1. The second-order valence-electron chi connectivity index (χ2n) is 3.70. The number of hydrogen-bond acceptors (Lipinski definition) is 3. The first-order valence-electron chi connectivity index (χ1n) is 5.58.